The van der Waals surface area contributed by atoms with Crippen molar-refractivity contribution < 1.29 is 19.0 Å². The molecule has 0 unspecified atom stereocenters. The first-order chi connectivity index (χ1) is 12.3. The Balaban J connectivity index is 2.16. The lowest BCUT2D eigenvalue weighted by Gasteiger charge is -2.16. The van der Waals surface area contributed by atoms with Gasteiger partial charge < -0.3 is 19.5 Å². The number of carbonyl (C=O) groups excluding carboxylic acids is 1. The number of anilines is 1. The van der Waals surface area contributed by atoms with Crippen LogP contribution in [-0.2, 0) is 4.79 Å². The van der Waals surface area contributed by atoms with E-state index in [2.05, 4.69) is 5.32 Å². The molecule has 0 saturated carbocycles. The van der Waals surface area contributed by atoms with Gasteiger partial charge >= 0.3 is 0 Å². The Morgan fingerprint density at radius 1 is 1.00 bits per heavy atom. The Morgan fingerprint density at radius 3 is 2.15 bits per heavy atom. The molecule has 0 aliphatic carbocycles. The van der Waals surface area contributed by atoms with Crippen LogP contribution >= 0.6 is 34.8 Å². The topological polar surface area (TPSA) is 56.8 Å². The quantitative estimate of drug-likeness (QED) is 0.692. The molecule has 0 heterocycles. The fraction of sp³-hybridized carbons (Fsp3) is 0.278. The van der Waals surface area contributed by atoms with Gasteiger partial charge in [0.15, 0.2) is 12.4 Å². The van der Waals surface area contributed by atoms with Gasteiger partial charge in [-0.3, -0.25) is 4.79 Å². The number of hydrogen-bond donors (Lipinski definition) is 1. The third-order valence-electron chi connectivity index (χ3n) is 3.74. The van der Waals surface area contributed by atoms with E-state index in [1.54, 1.807) is 32.0 Å². The standard InChI is InChI=1S/C18H18Cl3NO4/c1-9-15(19)10(2)17(21)18(16(9)20)26-8-14(23)22-12-7-11(24-3)5-6-13(12)25-4/h5-7H,8H2,1-4H3,(H,22,23). The molecular weight excluding hydrogens is 401 g/mol. The summed E-state index contributed by atoms with van der Waals surface area (Å²) in [7, 11) is 3.04. The highest BCUT2D eigenvalue weighted by Gasteiger charge is 2.19. The zero-order chi connectivity index (χ0) is 19.4. The first-order valence-electron chi connectivity index (χ1n) is 7.58. The van der Waals surface area contributed by atoms with Crippen LogP contribution in [-0.4, -0.2) is 26.7 Å². The zero-order valence-corrected chi connectivity index (χ0v) is 17.0. The molecule has 2 rings (SSSR count). The summed E-state index contributed by atoms with van der Waals surface area (Å²) in [6, 6.07) is 5.06. The summed E-state index contributed by atoms with van der Waals surface area (Å²) in [5.41, 5.74) is 1.74. The van der Waals surface area contributed by atoms with Crippen molar-refractivity contribution in [2.24, 2.45) is 0 Å². The van der Waals surface area contributed by atoms with Crippen molar-refractivity contribution >= 4 is 46.4 Å². The average Bonchev–Trinajstić information content (AvgIpc) is 2.64. The van der Waals surface area contributed by atoms with Crippen LogP contribution in [0.25, 0.3) is 0 Å². The highest BCUT2D eigenvalue weighted by atomic mass is 35.5. The minimum absolute atomic E-state index is 0.223. The van der Waals surface area contributed by atoms with Crippen molar-refractivity contribution in [3.63, 3.8) is 0 Å². The molecule has 2 aromatic carbocycles. The highest BCUT2D eigenvalue weighted by Crippen LogP contribution is 2.42. The molecule has 0 spiro atoms. The van der Waals surface area contributed by atoms with Crippen molar-refractivity contribution in [1.29, 1.82) is 0 Å². The van der Waals surface area contributed by atoms with Crippen LogP contribution < -0.4 is 19.5 Å². The monoisotopic (exact) mass is 417 g/mol. The summed E-state index contributed by atoms with van der Waals surface area (Å²) in [4.78, 5) is 12.3. The van der Waals surface area contributed by atoms with Gasteiger partial charge in [-0.15, -0.1) is 0 Å². The van der Waals surface area contributed by atoms with Gasteiger partial charge in [-0.1, -0.05) is 34.8 Å². The Bertz CT molecular complexity index is 811. The van der Waals surface area contributed by atoms with Gasteiger partial charge in [0.2, 0.25) is 0 Å². The molecule has 2 aromatic rings. The van der Waals surface area contributed by atoms with Crippen LogP contribution in [0.1, 0.15) is 11.1 Å². The van der Waals surface area contributed by atoms with Gasteiger partial charge in [0.1, 0.15) is 11.5 Å². The molecule has 0 saturated heterocycles. The summed E-state index contributed by atoms with van der Waals surface area (Å²) in [6.07, 6.45) is 0. The van der Waals surface area contributed by atoms with Gasteiger partial charge in [-0.25, -0.2) is 0 Å². The Kier molecular flexibility index (Phi) is 6.87. The molecule has 0 aliphatic heterocycles. The average molecular weight is 419 g/mol. The third kappa shape index (κ3) is 4.29. The molecular formula is C18H18Cl3NO4. The molecule has 1 N–H and O–H groups in total. The van der Waals surface area contributed by atoms with Crippen molar-refractivity contribution in [2.45, 2.75) is 13.8 Å². The van der Waals surface area contributed by atoms with Crippen LogP contribution in [0.4, 0.5) is 5.69 Å². The second-order valence-electron chi connectivity index (χ2n) is 5.42. The number of ether oxygens (including phenoxy) is 3. The minimum Gasteiger partial charge on any atom is -0.497 e. The Morgan fingerprint density at radius 2 is 1.62 bits per heavy atom. The summed E-state index contributed by atoms with van der Waals surface area (Å²) < 4.78 is 15.9. The second-order valence-corrected chi connectivity index (χ2v) is 6.56. The van der Waals surface area contributed by atoms with E-state index in [9.17, 15) is 4.79 Å². The summed E-state index contributed by atoms with van der Waals surface area (Å²) in [5.74, 6) is 0.889. The van der Waals surface area contributed by atoms with Crippen molar-refractivity contribution in [1.82, 2.24) is 0 Å². The molecule has 5 nitrogen and oxygen atoms in total. The SMILES string of the molecule is COc1ccc(OC)c(NC(=O)COc2c(Cl)c(C)c(Cl)c(C)c2Cl)c1. The number of amides is 1. The first kappa shape index (κ1) is 20.5. The van der Waals surface area contributed by atoms with Crippen molar-refractivity contribution in [3.05, 3.63) is 44.4 Å². The van der Waals surface area contributed by atoms with Crippen molar-refractivity contribution in [2.75, 3.05) is 26.1 Å². The van der Waals surface area contributed by atoms with E-state index in [0.29, 0.717) is 33.3 Å². The number of methoxy groups -OCH3 is 2. The fourth-order valence-electron chi connectivity index (χ4n) is 2.27. The molecule has 26 heavy (non-hydrogen) atoms. The van der Waals surface area contributed by atoms with E-state index < -0.39 is 5.91 Å². The van der Waals surface area contributed by atoms with Crippen LogP contribution in [0.3, 0.4) is 0 Å². The summed E-state index contributed by atoms with van der Waals surface area (Å²) in [6.45, 7) is 3.21. The van der Waals surface area contributed by atoms with E-state index in [1.165, 1.54) is 14.2 Å². The number of halogens is 3. The van der Waals surface area contributed by atoms with E-state index in [0.717, 1.165) is 0 Å². The second kappa shape index (κ2) is 8.71. The van der Waals surface area contributed by atoms with Crippen LogP contribution in [0.2, 0.25) is 15.1 Å². The first-order valence-corrected chi connectivity index (χ1v) is 8.71. The normalized spacial score (nSPS) is 10.4. The molecule has 0 aliphatic rings. The van der Waals surface area contributed by atoms with Gasteiger partial charge in [0, 0.05) is 11.1 Å². The van der Waals surface area contributed by atoms with Gasteiger partial charge in [0.25, 0.3) is 5.91 Å². The maximum Gasteiger partial charge on any atom is 0.262 e. The lowest BCUT2D eigenvalue weighted by atomic mass is 10.1. The molecule has 1 amide bonds. The molecule has 140 valence electrons. The molecule has 0 radical (unpaired) electrons. The maximum absolute atomic E-state index is 12.3. The number of rotatable bonds is 6. The lowest BCUT2D eigenvalue weighted by molar-refractivity contribution is -0.118. The predicted octanol–water partition coefficient (Wildman–Crippen LogP) is 5.30. The van der Waals surface area contributed by atoms with E-state index in [1.807, 2.05) is 0 Å². The van der Waals surface area contributed by atoms with Crippen LogP contribution in [0, 0.1) is 13.8 Å². The Labute approximate surface area is 167 Å². The fourth-order valence-corrected chi connectivity index (χ4v) is 3.09. The van der Waals surface area contributed by atoms with E-state index in [4.69, 9.17) is 49.0 Å². The van der Waals surface area contributed by atoms with Gasteiger partial charge in [0.05, 0.1) is 30.0 Å². The van der Waals surface area contributed by atoms with Gasteiger partial charge in [-0.2, -0.15) is 0 Å². The number of nitrogens with one attached hydrogen (secondary N) is 1. The zero-order valence-electron chi connectivity index (χ0n) is 14.7. The van der Waals surface area contributed by atoms with Crippen molar-refractivity contribution in [3.8, 4) is 17.2 Å². The minimum atomic E-state index is -0.408. The largest absolute Gasteiger partial charge is 0.497 e. The third-order valence-corrected chi connectivity index (χ3v) is 5.22. The van der Waals surface area contributed by atoms with Gasteiger partial charge in [-0.05, 0) is 37.1 Å². The highest BCUT2D eigenvalue weighted by molar-refractivity contribution is 6.42. The van der Waals surface area contributed by atoms with E-state index >= 15 is 0 Å². The summed E-state index contributed by atoms with van der Waals surface area (Å²) in [5, 5.41) is 3.73. The maximum atomic E-state index is 12.3. The van der Waals surface area contributed by atoms with Crippen LogP contribution in [0.5, 0.6) is 17.2 Å². The molecule has 0 atom stereocenters. The molecule has 8 heteroatoms. The summed E-state index contributed by atoms with van der Waals surface area (Å²) >= 11 is 18.7. The van der Waals surface area contributed by atoms with E-state index in [-0.39, 0.29) is 22.4 Å². The number of hydrogen-bond acceptors (Lipinski definition) is 4. The van der Waals surface area contributed by atoms with Crippen LogP contribution in [0.15, 0.2) is 18.2 Å². The lowest BCUT2D eigenvalue weighted by Crippen LogP contribution is -2.21. The number of benzene rings is 2. The molecule has 0 bridgehead atoms. The predicted molar refractivity (Wildman–Crippen MR) is 105 cm³/mol. The Hall–Kier alpha value is -1.82. The number of carbonyl (C=O) groups is 1. The smallest absolute Gasteiger partial charge is 0.262 e. The molecule has 0 aromatic heterocycles. The molecule has 0 fully saturated rings.